The summed E-state index contributed by atoms with van der Waals surface area (Å²) in [5.41, 5.74) is 3.28. The number of hydrogen-bond donors (Lipinski definition) is 0. The molecule has 7 nitrogen and oxygen atoms in total. The van der Waals surface area contributed by atoms with Gasteiger partial charge in [-0.25, -0.2) is 9.97 Å². The normalized spacial score (nSPS) is 15.7. The number of benzene rings is 1. The van der Waals surface area contributed by atoms with Crippen LogP contribution < -0.4 is 4.90 Å². The lowest BCUT2D eigenvalue weighted by molar-refractivity contribution is 0.250. The first-order valence-corrected chi connectivity index (χ1v) is 9.22. The number of piperazine rings is 1. The van der Waals surface area contributed by atoms with E-state index in [9.17, 15) is 0 Å². The second-order valence-electron chi connectivity index (χ2n) is 6.96. The highest BCUT2D eigenvalue weighted by atomic mass is 15.3. The molecule has 1 aliphatic rings. The summed E-state index contributed by atoms with van der Waals surface area (Å²) in [6.45, 7) is 4.80. The summed E-state index contributed by atoms with van der Waals surface area (Å²) in [6, 6.07) is 10.5. The van der Waals surface area contributed by atoms with Gasteiger partial charge in [0.2, 0.25) is 0 Å². The zero-order chi connectivity index (χ0) is 18.2. The van der Waals surface area contributed by atoms with Crippen molar-refractivity contribution in [1.82, 2.24) is 29.6 Å². The summed E-state index contributed by atoms with van der Waals surface area (Å²) in [6.07, 6.45) is 5.37. The lowest BCUT2D eigenvalue weighted by Crippen LogP contribution is -2.46. The molecule has 0 aliphatic carbocycles. The molecule has 5 rings (SSSR count). The minimum Gasteiger partial charge on any atom is -0.353 e. The van der Waals surface area contributed by atoms with Crippen LogP contribution in [0.3, 0.4) is 0 Å². The molecule has 1 fully saturated rings. The van der Waals surface area contributed by atoms with Crippen molar-refractivity contribution in [3.63, 3.8) is 0 Å². The Morgan fingerprint density at radius 2 is 1.81 bits per heavy atom. The van der Waals surface area contributed by atoms with Crippen LogP contribution >= 0.6 is 0 Å². The van der Waals surface area contributed by atoms with Gasteiger partial charge in [0.15, 0.2) is 5.65 Å². The first kappa shape index (κ1) is 16.1. The monoisotopic (exact) mass is 359 g/mol. The van der Waals surface area contributed by atoms with E-state index < -0.39 is 0 Å². The minimum absolute atomic E-state index is 0.879. The molecule has 1 aliphatic heterocycles. The van der Waals surface area contributed by atoms with Crippen LogP contribution in [0.25, 0.3) is 21.9 Å². The van der Waals surface area contributed by atoms with Gasteiger partial charge >= 0.3 is 0 Å². The molecule has 136 valence electrons. The van der Waals surface area contributed by atoms with Gasteiger partial charge in [-0.15, -0.1) is 0 Å². The number of aromatic nitrogens is 5. The molecule has 0 bridgehead atoms. The van der Waals surface area contributed by atoms with Gasteiger partial charge < -0.3 is 4.90 Å². The molecule has 1 aromatic carbocycles. The Balaban J connectivity index is 1.33. The SMILES string of the molecule is Cn1ncc2c(N3CCN(Cc4cccc5cccnc45)CC3)ncnc21. The molecular weight excluding hydrogens is 338 g/mol. The molecule has 3 aromatic heterocycles. The molecule has 7 heteroatoms. The molecule has 0 radical (unpaired) electrons. The molecule has 0 atom stereocenters. The van der Waals surface area contributed by atoms with Crippen LogP contribution in [0.1, 0.15) is 5.56 Å². The summed E-state index contributed by atoms with van der Waals surface area (Å²) < 4.78 is 1.80. The van der Waals surface area contributed by atoms with Crippen LogP contribution in [0, 0.1) is 0 Å². The summed E-state index contributed by atoms with van der Waals surface area (Å²) in [4.78, 5) is 18.3. The van der Waals surface area contributed by atoms with E-state index in [2.05, 4.69) is 54.1 Å². The van der Waals surface area contributed by atoms with Crippen LogP contribution in [0.15, 0.2) is 49.1 Å². The predicted molar refractivity (Wildman–Crippen MR) is 106 cm³/mol. The molecule has 4 heterocycles. The number of nitrogens with zero attached hydrogens (tertiary/aromatic N) is 7. The third-order valence-corrected chi connectivity index (χ3v) is 5.29. The van der Waals surface area contributed by atoms with Gasteiger partial charge in [-0.3, -0.25) is 14.6 Å². The van der Waals surface area contributed by atoms with Gasteiger partial charge in [0.25, 0.3) is 0 Å². The summed E-state index contributed by atoms with van der Waals surface area (Å²) in [7, 11) is 1.91. The zero-order valence-electron chi connectivity index (χ0n) is 15.3. The first-order chi connectivity index (χ1) is 13.3. The third-order valence-electron chi connectivity index (χ3n) is 5.29. The van der Waals surface area contributed by atoms with Crippen LogP contribution in [0.4, 0.5) is 5.82 Å². The van der Waals surface area contributed by atoms with Crippen molar-refractivity contribution in [1.29, 1.82) is 0 Å². The lowest BCUT2D eigenvalue weighted by Gasteiger charge is -2.35. The molecular formula is C20H21N7. The molecule has 0 spiro atoms. The highest BCUT2D eigenvalue weighted by Gasteiger charge is 2.21. The molecule has 1 saturated heterocycles. The quantitative estimate of drug-likeness (QED) is 0.559. The molecule has 0 saturated carbocycles. The van der Waals surface area contributed by atoms with Gasteiger partial charge in [0.05, 0.1) is 17.1 Å². The topological polar surface area (TPSA) is 63.0 Å². The largest absolute Gasteiger partial charge is 0.353 e. The highest BCUT2D eigenvalue weighted by molar-refractivity contribution is 5.86. The Labute approximate surface area is 157 Å². The summed E-state index contributed by atoms with van der Waals surface area (Å²) in [5, 5.41) is 6.54. The first-order valence-electron chi connectivity index (χ1n) is 9.22. The molecule has 4 aromatic rings. The molecule has 0 N–H and O–H groups in total. The van der Waals surface area contributed by atoms with E-state index in [-0.39, 0.29) is 0 Å². The van der Waals surface area contributed by atoms with Crippen LogP contribution in [-0.4, -0.2) is 55.8 Å². The van der Waals surface area contributed by atoms with E-state index >= 15 is 0 Å². The Hall–Kier alpha value is -3.06. The minimum atomic E-state index is 0.879. The number of para-hydroxylation sites is 1. The van der Waals surface area contributed by atoms with Crippen LogP contribution in [-0.2, 0) is 13.6 Å². The lowest BCUT2D eigenvalue weighted by atomic mass is 10.1. The van der Waals surface area contributed by atoms with Gasteiger partial charge in [-0.05, 0) is 11.6 Å². The zero-order valence-corrected chi connectivity index (χ0v) is 15.3. The fraction of sp³-hybridized carbons (Fsp3) is 0.300. The number of fused-ring (bicyclic) bond motifs is 2. The predicted octanol–water partition coefficient (Wildman–Crippen LogP) is 2.23. The van der Waals surface area contributed by atoms with Crippen molar-refractivity contribution in [3.05, 3.63) is 54.6 Å². The Kier molecular flexibility index (Phi) is 3.94. The highest BCUT2D eigenvalue weighted by Crippen LogP contribution is 2.24. The van der Waals surface area contributed by atoms with Crippen molar-refractivity contribution in [3.8, 4) is 0 Å². The van der Waals surface area contributed by atoms with E-state index in [1.807, 2.05) is 25.5 Å². The Morgan fingerprint density at radius 3 is 2.70 bits per heavy atom. The van der Waals surface area contributed by atoms with E-state index in [1.165, 1.54) is 10.9 Å². The average Bonchev–Trinajstić information content (AvgIpc) is 3.10. The Bertz CT molecular complexity index is 1090. The number of pyridine rings is 1. The molecule has 0 unspecified atom stereocenters. The maximum atomic E-state index is 4.58. The number of aryl methyl sites for hydroxylation is 1. The van der Waals surface area contributed by atoms with Crippen molar-refractivity contribution < 1.29 is 0 Å². The fourth-order valence-electron chi connectivity index (χ4n) is 3.86. The number of hydrogen-bond acceptors (Lipinski definition) is 6. The second kappa shape index (κ2) is 6.59. The maximum Gasteiger partial charge on any atom is 0.163 e. The van der Waals surface area contributed by atoms with E-state index in [0.29, 0.717) is 0 Å². The van der Waals surface area contributed by atoms with E-state index in [1.54, 1.807) is 11.0 Å². The van der Waals surface area contributed by atoms with Gasteiger partial charge in [-0.2, -0.15) is 5.10 Å². The standard InChI is InChI=1S/C20H21N7/c1-25-19-17(12-24-25)20(23-14-22-19)27-10-8-26(9-11-27)13-16-5-2-4-15-6-3-7-21-18(15)16/h2-7,12,14H,8-11,13H2,1H3. The summed E-state index contributed by atoms with van der Waals surface area (Å²) in [5.74, 6) is 0.986. The fourth-order valence-corrected chi connectivity index (χ4v) is 3.86. The molecule has 0 amide bonds. The van der Waals surface area contributed by atoms with Crippen molar-refractivity contribution in [2.75, 3.05) is 31.1 Å². The van der Waals surface area contributed by atoms with Gasteiger partial charge in [-0.1, -0.05) is 24.3 Å². The van der Waals surface area contributed by atoms with Crippen molar-refractivity contribution in [2.45, 2.75) is 6.54 Å². The summed E-state index contributed by atoms with van der Waals surface area (Å²) >= 11 is 0. The van der Waals surface area contributed by atoms with Crippen LogP contribution in [0.5, 0.6) is 0 Å². The second-order valence-corrected chi connectivity index (χ2v) is 6.96. The number of anilines is 1. The smallest absolute Gasteiger partial charge is 0.163 e. The maximum absolute atomic E-state index is 4.58. The number of rotatable bonds is 3. The molecule has 27 heavy (non-hydrogen) atoms. The van der Waals surface area contributed by atoms with Gasteiger partial charge in [0, 0.05) is 51.4 Å². The van der Waals surface area contributed by atoms with E-state index in [4.69, 9.17) is 0 Å². The van der Waals surface area contributed by atoms with E-state index in [0.717, 1.165) is 55.1 Å². The van der Waals surface area contributed by atoms with Crippen molar-refractivity contribution >= 4 is 27.8 Å². The average molecular weight is 359 g/mol. The Morgan fingerprint density at radius 1 is 0.963 bits per heavy atom. The third kappa shape index (κ3) is 2.90. The van der Waals surface area contributed by atoms with Crippen molar-refractivity contribution in [2.24, 2.45) is 7.05 Å². The van der Waals surface area contributed by atoms with Gasteiger partial charge in [0.1, 0.15) is 12.1 Å². The van der Waals surface area contributed by atoms with Crippen LogP contribution in [0.2, 0.25) is 0 Å².